The van der Waals surface area contributed by atoms with Gasteiger partial charge < -0.3 is 10.6 Å². The zero-order valence-corrected chi connectivity index (χ0v) is 15.4. The fourth-order valence-corrected chi connectivity index (χ4v) is 2.78. The molecule has 2 N–H and O–H groups in total. The molecule has 26 heavy (non-hydrogen) atoms. The van der Waals surface area contributed by atoms with Crippen LogP contribution < -0.4 is 10.6 Å². The third-order valence-corrected chi connectivity index (χ3v) is 4.23. The van der Waals surface area contributed by atoms with E-state index >= 15 is 0 Å². The number of nitrogens with one attached hydrogen (secondary N) is 2. The van der Waals surface area contributed by atoms with Crippen molar-refractivity contribution >= 4 is 23.1 Å². The van der Waals surface area contributed by atoms with Gasteiger partial charge in [0, 0.05) is 11.4 Å². The zero-order valence-electron chi connectivity index (χ0n) is 15.4. The van der Waals surface area contributed by atoms with Crippen molar-refractivity contribution in [1.29, 1.82) is 0 Å². The van der Waals surface area contributed by atoms with E-state index in [4.69, 9.17) is 0 Å². The van der Waals surface area contributed by atoms with Crippen LogP contribution in [0.5, 0.6) is 0 Å². The summed E-state index contributed by atoms with van der Waals surface area (Å²) in [6.45, 7) is 8.08. The number of hydrogen-bond acceptors (Lipinski definition) is 4. The standard InChI is InChI=1S/C21H22N4O/c1-13-8-14(2)10-17(9-13)24-20-12-22-19(11-23-20)21(26)25-18-7-5-6-15(3)16(18)4/h5-12H,1-4H3,(H,23,24)(H,25,26). The quantitative estimate of drug-likeness (QED) is 0.718. The van der Waals surface area contributed by atoms with Crippen molar-refractivity contribution in [3.63, 3.8) is 0 Å². The third-order valence-electron chi connectivity index (χ3n) is 4.23. The number of amides is 1. The second-order valence-corrected chi connectivity index (χ2v) is 6.49. The Bertz CT molecular complexity index is 928. The maximum Gasteiger partial charge on any atom is 0.275 e. The van der Waals surface area contributed by atoms with Crippen LogP contribution in [0.4, 0.5) is 17.2 Å². The third kappa shape index (κ3) is 4.06. The number of aryl methyl sites for hydroxylation is 3. The number of anilines is 3. The number of benzene rings is 2. The maximum absolute atomic E-state index is 12.4. The summed E-state index contributed by atoms with van der Waals surface area (Å²) in [6, 6.07) is 12.0. The van der Waals surface area contributed by atoms with Gasteiger partial charge >= 0.3 is 0 Å². The minimum Gasteiger partial charge on any atom is -0.339 e. The minimum atomic E-state index is -0.274. The predicted octanol–water partition coefficient (Wildman–Crippen LogP) is 4.71. The SMILES string of the molecule is Cc1cc(C)cc(Nc2cnc(C(=O)Nc3cccc(C)c3C)cn2)c1. The molecular weight excluding hydrogens is 324 g/mol. The first-order valence-electron chi connectivity index (χ1n) is 8.47. The van der Waals surface area contributed by atoms with Gasteiger partial charge in [-0.25, -0.2) is 9.97 Å². The Kier molecular flexibility index (Phi) is 4.98. The molecule has 0 atom stereocenters. The van der Waals surface area contributed by atoms with Gasteiger partial charge in [-0.1, -0.05) is 18.2 Å². The normalized spacial score (nSPS) is 10.5. The lowest BCUT2D eigenvalue weighted by Crippen LogP contribution is -2.15. The van der Waals surface area contributed by atoms with E-state index in [9.17, 15) is 4.79 Å². The summed E-state index contributed by atoms with van der Waals surface area (Å²) in [5, 5.41) is 6.10. The van der Waals surface area contributed by atoms with Gasteiger partial charge in [-0.3, -0.25) is 4.79 Å². The van der Waals surface area contributed by atoms with Gasteiger partial charge in [0.2, 0.25) is 0 Å². The Hall–Kier alpha value is -3.21. The van der Waals surface area contributed by atoms with Crippen LogP contribution in [0, 0.1) is 27.7 Å². The number of carbonyl (C=O) groups excluding carboxylic acids is 1. The molecule has 0 spiro atoms. The summed E-state index contributed by atoms with van der Waals surface area (Å²) in [7, 11) is 0. The average Bonchev–Trinajstić information content (AvgIpc) is 2.58. The molecule has 0 radical (unpaired) electrons. The van der Waals surface area contributed by atoms with Gasteiger partial charge in [-0.05, 0) is 68.1 Å². The summed E-state index contributed by atoms with van der Waals surface area (Å²) in [5.41, 5.74) is 6.52. The molecule has 132 valence electrons. The first kappa shape index (κ1) is 17.6. The molecule has 3 aromatic rings. The number of carbonyl (C=O) groups is 1. The van der Waals surface area contributed by atoms with Gasteiger partial charge in [0.15, 0.2) is 0 Å². The maximum atomic E-state index is 12.4. The van der Waals surface area contributed by atoms with E-state index in [0.717, 1.165) is 22.5 Å². The molecule has 5 heteroatoms. The molecule has 0 saturated carbocycles. The van der Waals surface area contributed by atoms with Crippen molar-refractivity contribution in [2.24, 2.45) is 0 Å². The van der Waals surface area contributed by atoms with Crippen LogP contribution in [-0.2, 0) is 0 Å². The lowest BCUT2D eigenvalue weighted by Gasteiger charge is -2.10. The van der Waals surface area contributed by atoms with Gasteiger partial charge in [-0.2, -0.15) is 0 Å². The molecule has 5 nitrogen and oxygen atoms in total. The van der Waals surface area contributed by atoms with E-state index < -0.39 is 0 Å². The Morgan fingerprint density at radius 3 is 2.31 bits per heavy atom. The molecule has 3 rings (SSSR count). The van der Waals surface area contributed by atoms with Crippen molar-refractivity contribution in [2.45, 2.75) is 27.7 Å². The van der Waals surface area contributed by atoms with Crippen molar-refractivity contribution in [2.75, 3.05) is 10.6 Å². The van der Waals surface area contributed by atoms with Crippen LogP contribution in [-0.4, -0.2) is 15.9 Å². The highest BCUT2D eigenvalue weighted by Crippen LogP contribution is 2.20. The zero-order chi connectivity index (χ0) is 18.7. The molecule has 0 aliphatic rings. The van der Waals surface area contributed by atoms with Crippen molar-refractivity contribution in [3.05, 3.63) is 76.7 Å². The topological polar surface area (TPSA) is 66.9 Å². The number of aromatic nitrogens is 2. The highest BCUT2D eigenvalue weighted by atomic mass is 16.1. The molecule has 0 unspecified atom stereocenters. The summed E-state index contributed by atoms with van der Waals surface area (Å²) in [4.78, 5) is 20.9. The van der Waals surface area contributed by atoms with Crippen LogP contribution in [0.25, 0.3) is 0 Å². The van der Waals surface area contributed by atoms with Crippen molar-refractivity contribution in [1.82, 2.24) is 9.97 Å². The van der Waals surface area contributed by atoms with Crippen molar-refractivity contribution in [3.8, 4) is 0 Å². The van der Waals surface area contributed by atoms with Gasteiger partial charge in [-0.15, -0.1) is 0 Å². The van der Waals surface area contributed by atoms with Gasteiger partial charge in [0.25, 0.3) is 5.91 Å². The molecular formula is C21H22N4O. The number of rotatable bonds is 4. The van der Waals surface area contributed by atoms with Crippen LogP contribution >= 0.6 is 0 Å². The Labute approximate surface area is 153 Å². The molecule has 0 fully saturated rings. The van der Waals surface area contributed by atoms with E-state index in [1.807, 2.05) is 58.0 Å². The van der Waals surface area contributed by atoms with Gasteiger partial charge in [0.05, 0.1) is 12.4 Å². The fraction of sp³-hybridized carbons (Fsp3) is 0.190. The lowest BCUT2D eigenvalue weighted by atomic mass is 10.1. The largest absolute Gasteiger partial charge is 0.339 e. The van der Waals surface area contributed by atoms with E-state index in [0.29, 0.717) is 5.82 Å². The van der Waals surface area contributed by atoms with E-state index in [-0.39, 0.29) is 11.6 Å². The van der Waals surface area contributed by atoms with E-state index in [2.05, 4.69) is 26.7 Å². The average molecular weight is 346 g/mol. The monoisotopic (exact) mass is 346 g/mol. The molecule has 0 aliphatic carbocycles. The molecule has 1 amide bonds. The second-order valence-electron chi connectivity index (χ2n) is 6.49. The van der Waals surface area contributed by atoms with Crippen LogP contribution in [0.3, 0.4) is 0 Å². The van der Waals surface area contributed by atoms with E-state index in [1.54, 1.807) is 6.20 Å². The Morgan fingerprint density at radius 1 is 0.923 bits per heavy atom. The first-order chi connectivity index (χ1) is 12.4. The molecule has 1 aromatic heterocycles. The summed E-state index contributed by atoms with van der Waals surface area (Å²) < 4.78 is 0. The highest BCUT2D eigenvalue weighted by molar-refractivity contribution is 6.03. The van der Waals surface area contributed by atoms with Crippen LogP contribution in [0.2, 0.25) is 0 Å². The van der Waals surface area contributed by atoms with Gasteiger partial charge in [0.1, 0.15) is 11.5 Å². The molecule has 0 aliphatic heterocycles. The highest BCUT2D eigenvalue weighted by Gasteiger charge is 2.11. The van der Waals surface area contributed by atoms with Crippen LogP contribution in [0.15, 0.2) is 48.8 Å². The Balaban J connectivity index is 1.72. The number of nitrogens with zero attached hydrogens (tertiary/aromatic N) is 2. The molecule has 0 bridgehead atoms. The Morgan fingerprint density at radius 2 is 1.65 bits per heavy atom. The second kappa shape index (κ2) is 7.35. The first-order valence-corrected chi connectivity index (χ1v) is 8.47. The molecule has 2 aromatic carbocycles. The summed E-state index contributed by atoms with van der Waals surface area (Å²) in [6.07, 6.45) is 3.04. The van der Waals surface area contributed by atoms with Crippen LogP contribution in [0.1, 0.15) is 32.7 Å². The lowest BCUT2D eigenvalue weighted by molar-refractivity contribution is 0.102. The van der Waals surface area contributed by atoms with E-state index in [1.165, 1.54) is 17.3 Å². The predicted molar refractivity (Wildman–Crippen MR) is 105 cm³/mol. The fourth-order valence-electron chi connectivity index (χ4n) is 2.78. The minimum absolute atomic E-state index is 0.274. The summed E-state index contributed by atoms with van der Waals surface area (Å²) >= 11 is 0. The molecule has 0 saturated heterocycles. The smallest absolute Gasteiger partial charge is 0.275 e. The van der Waals surface area contributed by atoms with Crippen molar-refractivity contribution < 1.29 is 4.79 Å². The molecule has 1 heterocycles. The number of hydrogen-bond donors (Lipinski definition) is 2. The summed E-state index contributed by atoms with van der Waals surface area (Å²) in [5.74, 6) is 0.322.